The number of nitrogens with zero attached hydrogens (tertiary/aromatic N) is 1. The van der Waals surface area contributed by atoms with Gasteiger partial charge in [-0.15, -0.1) is 0 Å². The zero-order valence-electron chi connectivity index (χ0n) is 12.4. The molecule has 4 nitrogen and oxygen atoms in total. The number of hydrogen-bond donors (Lipinski definition) is 1. The largest absolute Gasteiger partial charge is 0.374 e. The number of rotatable bonds is 6. The first-order chi connectivity index (χ1) is 10.1. The molecule has 0 aliphatic carbocycles. The summed E-state index contributed by atoms with van der Waals surface area (Å²) < 4.78 is 5.58. The number of pyridine rings is 1. The second-order valence-electron chi connectivity index (χ2n) is 5.08. The first kappa shape index (κ1) is 15.2. The van der Waals surface area contributed by atoms with Gasteiger partial charge in [-0.25, -0.2) is 0 Å². The molecular weight excluding hydrogens is 264 g/mol. The summed E-state index contributed by atoms with van der Waals surface area (Å²) in [7, 11) is 0. The van der Waals surface area contributed by atoms with Crippen LogP contribution >= 0.6 is 0 Å². The fraction of sp³-hybridized carbons (Fsp3) is 0.294. The van der Waals surface area contributed by atoms with Crippen molar-refractivity contribution in [1.29, 1.82) is 0 Å². The fourth-order valence-electron chi connectivity index (χ4n) is 1.86. The van der Waals surface area contributed by atoms with E-state index in [0.717, 1.165) is 11.1 Å². The number of nitrogens with one attached hydrogen (secondary N) is 1. The van der Waals surface area contributed by atoms with Gasteiger partial charge in [0.1, 0.15) is 5.69 Å². The van der Waals surface area contributed by atoms with Crippen LogP contribution in [0.25, 0.3) is 0 Å². The second-order valence-corrected chi connectivity index (χ2v) is 5.08. The van der Waals surface area contributed by atoms with Crippen LogP contribution < -0.4 is 5.32 Å². The molecule has 0 bridgehead atoms. The van der Waals surface area contributed by atoms with Crippen LogP contribution in [0, 0.1) is 0 Å². The Bertz CT molecular complexity index is 582. The number of ether oxygens (including phenoxy) is 1. The lowest BCUT2D eigenvalue weighted by atomic mass is 10.1. The number of carbonyl (C=O) groups is 1. The van der Waals surface area contributed by atoms with E-state index in [1.54, 1.807) is 24.4 Å². The highest BCUT2D eigenvalue weighted by atomic mass is 16.5. The lowest BCUT2D eigenvalue weighted by Crippen LogP contribution is -2.23. The molecular formula is C17H20N2O2. The minimum absolute atomic E-state index is 0.167. The number of benzene rings is 1. The minimum atomic E-state index is -0.167. The Labute approximate surface area is 125 Å². The number of aromatic nitrogens is 1. The van der Waals surface area contributed by atoms with Crippen LogP contribution in [0.2, 0.25) is 0 Å². The molecule has 1 heterocycles. The topological polar surface area (TPSA) is 51.2 Å². The second kappa shape index (κ2) is 7.55. The summed E-state index contributed by atoms with van der Waals surface area (Å²) in [5.41, 5.74) is 2.58. The van der Waals surface area contributed by atoms with E-state index in [2.05, 4.69) is 10.3 Å². The smallest absolute Gasteiger partial charge is 0.270 e. The van der Waals surface area contributed by atoms with Gasteiger partial charge in [-0.05, 0) is 37.1 Å². The molecule has 0 atom stereocenters. The van der Waals surface area contributed by atoms with Gasteiger partial charge in [-0.2, -0.15) is 0 Å². The SMILES string of the molecule is CC(C)OCc1cccc(CNC(=O)c2ccccn2)c1. The van der Waals surface area contributed by atoms with Gasteiger partial charge in [0.25, 0.3) is 5.91 Å². The molecule has 1 amide bonds. The van der Waals surface area contributed by atoms with Crippen LogP contribution in [0.15, 0.2) is 48.7 Å². The Hall–Kier alpha value is -2.20. The van der Waals surface area contributed by atoms with Gasteiger partial charge in [0.05, 0.1) is 12.7 Å². The number of carbonyl (C=O) groups excluding carboxylic acids is 1. The highest BCUT2D eigenvalue weighted by molar-refractivity contribution is 5.92. The van der Waals surface area contributed by atoms with Crippen molar-refractivity contribution < 1.29 is 9.53 Å². The van der Waals surface area contributed by atoms with Crippen molar-refractivity contribution in [2.75, 3.05) is 0 Å². The maximum absolute atomic E-state index is 11.9. The summed E-state index contributed by atoms with van der Waals surface area (Å²) in [6, 6.07) is 13.3. The molecule has 0 saturated heterocycles. The van der Waals surface area contributed by atoms with Crippen molar-refractivity contribution in [3.8, 4) is 0 Å². The van der Waals surface area contributed by atoms with Crippen molar-refractivity contribution >= 4 is 5.91 Å². The number of amides is 1. The van der Waals surface area contributed by atoms with Gasteiger partial charge in [0.2, 0.25) is 0 Å². The Morgan fingerprint density at radius 3 is 2.71 bits per heavy atom. The van der Waals surface area contributed by atoms with Gasteiger partial charge >= 0.3 is 0 Å². The molecule has 1 aromatic carbocycles. The third kappa shape index (κ3) is 5.00. The molecule has 0 radical (unpaired) electrons. The van der Waals surface area contributed by atoms with E-state index in [4.69, 9.17) is 4.74 Å². The Morgan fingerprint density at radius 2 is 2.00 bits per heavy atom. The van der Waals surface area contributed by atoms with Crippen LogP contribution in [-0.2, 0) is 17.9 Å². The van der Waals surface area contributed by atoms with E-state index >= 15 is 0 Å². The van der Waals surface area contributed by atoms with Crippen LogP contribution in [0.3, 0.4) is 0 Å². The first-order valence-corrected chi connectivity index (χ1v) is 7.04. The third-order valence-corrected chi connectivity index (χ3v) is 2.93. The molecule has 110 valence electrons. The third-order valence-electron chi connectivity index (χ3n) is 2.93. The summed E-state index contributed by atoms with van der Waals surface area (Å²) in [5.74, 6) is -0.167. The average molecular weight is 284 g/mol. The predicted octanol–water partition coefficient (Wildman–Crippen LogP) is 2.94. The summed E-state index contributed by atoms with van der Waals surface area (Å²) in [5, 5.41) is 2.87. The Kier molecular flexibility index (Phi) is 5.46. The van der Waals surface area contributed by atoms with E-state index < -0.39 is 0 Å². The zero-order chi connectivity index (χ0) is 15.1. The average Bonchev–Trinajstić information content (AvgIpc) is 2.52. The molecule has 21 heavy (non-hydrogen) atoms. The summed E-state index contributed by atoms with van der Waals surface area (Å²) in [6.45, 7) is 5.08. The van der Waals surface area contributed by atoms with Gasteiger partial charge in [0.15, 0.2) is 0 Å². The Morgan fingerprint density at radius 1 is 1.19 bits per heavy atom. The Balaban J connectivity index is 1.91. The standard InChI is InChI=1S/C17H20N2O2/c1-13(2)21-12-15-7-5-6-14(10-15)11-19-17(20)16-8-3-4-9-18-16/h3-10,13H,11-12H2,1-2H3,(H,19,20). The summed E-state index contributed by atoms with van der Waals surface area (Å²) in [4.78, 5) is 15.9. The maximum Gasteiger partial charge on any atom is 0.270 e. The molecule has 1 aromatic heterocycles. The predicted molar refractivity (Wildman–Crippen MR) is 81.8 cm³/mol. The van der Waals surface area contributed by atoms with Crippen molar-refractivity contribution in [3.05, 3.63) is 65.5 Å². The monoisotopic (exact) mass is 284 g/mol. The quantitative estimate of drug-likeness (QED) is 0.887. The summed E-state index contributed by atoms with van der Waals surface area (Å²) in [6.07, 6.45) is 1.82. The molecule has 0 fully saturated rings. The highest BCUT2D eigenvalue weighted by Crippen LogP contribution is 2.08. The van der Waals surface area contributed by atoms with E-state index in [-0.39, 0.29) is 12.0 Å². The molecule has 1 N–H and O–H groups in total. The zero-order valence-corrected chi connectivity index (χ0v) is 12.4. The minimum Gasteiger partial charge on any atom is -0.374 e. The molecule has 2 rings (SSSR count). The molecule has 0 unspecified atom stereocenters. The van der Waals surface area contributed by atoms with Crippen molar-refractivity contribution in [1.82, 2.24) is 10.3 Å². The lowest BCUT2D eigenvalue weighted by Gasteiger charge is -2.09. The summed E-state index contributed by atoms with van der Waals surface area (Å²) >= 11 is 0. The molecule has 2 aromatic rings. The fourth-order valence-corrected chi connectivity index (χ4v) is 1.86. The molecule has 0 spiro atoms. The molecule has 0 saturated carbocycles. The van der Waals surface area contributed by atoms with Crippen molar-refractivity contribution in [2.24, 2.45) is 0 Å². The van der Waals surface area contributed by atoms with Gasteiger partial charge in [-0.1, -0.05) is 30.3 Å². The highest BCUT2D eigenvalue weighted by Gasteiger charge is 2.06. The normalized spacial score (nSPS) is 10.6. The number of hydrogen-bond acceptors (Lipinski definition) is 3. The van der Waals surface area contributed by atoms with E-state index in [1.807, 2.05) is 38.1 Å². The molecule has 0 aliphatic rings. The van der Waals surface area contributed by atoms with E-state index in [9.17, 15) is 4.79 Å². The maximum atomic E-state index is 11.9. The van der Waals surface area contributed by atoms with Crippen LogP contribution in [-0.4, -0.2) is 17.0 Å². The first-order valence-electron chi connectivity index (χ1n) is 7.04. The van der Waals surface area contributed by atoms with Gasteiger partial charge < -0.3 is 10.1 Å². The van der Waals surface area contributed by atoms with Crippen LogP contribution in [0.4, 0.5) is 0 Å². The van der Waals surface area contributed by atoms with E-state index in [0.29, 0.717) is 18.8 Å². The van der Waals surface area contributed by atoms with Gasteiger partial charge in [0, 0.05) is 12.7 Å². The molecule has 0 aliphatic heterocycles. The van der Waals surface area contributed by atoms with Crippen molar-refractivity contribution in [2.45, 2.75) is 33.1 Å². The van der Waals surface area contributed by atoms with Crippen LogP contribution in [0.5, 0.6) is 0 Å². The van der Waals surface area contributed by atoms with Gasteiger partial charge in [-0.3, -0.25) is 9.78 Å². The van der Waals surface area contributed by atoms with Crippen molar-refractivity contribution in [3.63, 3.8) is 0 Å². The van der Waals surface area contributed by atoms with Crippen LogP contribution in [0.1, 0.15) is 35.5 Å². The lowest BCUT2D eigenvalue weighted by molar-refractivity contribution is 0.0657. The molecule has 4 heteroatoms. The van der Waals surface area contributed by atoms with E-state index in [1.165, 1.54) is 0 Å².